The Labute approximate surface area is 607 Å². The van der Waals surface area contributed by atoms with Crippen molar-refractivity contribution in [3.8, 4) is 56.3 Å². The minimum Gasteiger partial charge on any atom is -0.201 e. The van der Waals surface area contributed by atoms with E-state index in [1.165, 1.54) is 55.0 Å². The van der Waals surface area contributed by atoms with Gasteiger partial charge in [-0.15, -0.1) is 0 Å². The number of rotatable bonds is 10. The monoisotopic (exact) mass is 1360 g/mol. The Morgan fingerprint density at radius 1 is 0.309 bits per heavy atom. The minimum atomic E-state index is -2.06. The maximum absolute atomic E-state index is 8.90. The summed E-state index contributed by atoms with van der Waals surface area (Å²) in [6.45, 7) is 45.3. The zero-order valence-electron chi connectivity index (χ0n) is 74.6. The fourth-order valence-corrected chi connectivity index (χ4v) is 16.6. The van der Waals surface area contributed by atoms with Gasteiger partial charge >= 0.3 is 0 Å². The summed E-state index contributed by atoms with van der Waals surface area (Å²) in [5.74, 6) is 0. The summed E-state index contributed by atoms with van der Waals surface area (Å²) in [4.78, 5) is 0. The molecule has 5 nitrogen and oxygen atoms in total. The second-order valence-electron chi connectivity index (χ2n) is 31.9. The molecule has 0 saturated heterocycles. The van der Waals surface area contributed by atoms with Gasteiger partial charge in [0.25, 0.3) is 0 Å². The molecule has 0 unspecified atom stereocenters. The molecule has 0 bridgehead atoms. The Balaban J connectivity index is 0.000000210. The Bertz CT molecular complexity index is 4640. The highest BCUT2D eigenvalue weighted by atomic mass is 28.3. The van der Waals surface area contributed by atoms with Crippen molar-refractivity contribution < 1.29 is 36.5 Å². The second-order valence-corrected chi connectivity index (χ2v) is 47.1. The van der Waals surface area contributed by atoms with Crippen molar-refractivity contribution in [3.63, 3.8) is 0 Å². The number of benzene rings is 5. The van der Waals surface area contributed by atoms with E-state index in [2.05, 4.69) is 238 Å². The van der Waals surface area contributed by atoms with Gasteiger partial charge in [0.2, 0.25) is 28.5 Å². The maximum Gasteiger partial charge on any atom is 0.212 e. The van der Waals surface area contributed by atoms with Gasteiger partial charge in [0.05, 0.1) is 24.2 Å². The van der Waals surface area contributed by atoms with E-state index in [0.29, 0.717) is 11.1 Å². The summed E-state index contributed by atoms with van der Waals surface area (Å²) in [5, 5.41) is 4.16. The van der Waals surface area contributed by atoms with Crippen LogP contribution < -0.4 is 38.4 Å². The van der Waals surface area contributed by atoms with Crippen LogP contribution in [0.3, 0.4) is 0 Å². The van der Waals surface area contributed by atoms with Crippen LogP contribution in [0.4, 0.5) is 0 Å². The van der Waals surface area contributed by atoms with Crippen molar-refractivity contribution in [1.82, 2.24) is 0 Å². The Morgan fingerprint density at radius 3 is 1.07 bits per heavy atom. The number of hydrogen-bond acceptors (Lipinski definition) is 0. The zero-order valence-corrected chi connectivity index (χ0v) is 67.6. The molecular weight excluding hydrogens is 1220 g/mol. The molecule has 5 aromatic heterocycles. The van der Waals surface area contributed by atoms with Gasteiger partial charge in [-0.2, -0.15) is 0 Å². The summed E-state index contributed by atoms with van der Waals surface area (Å²) in [5.41, 5.74) is 22.2. The Morgan fingerprint density at radius 2 is 0.680 bits per heavy atom. The van der Waals surface area contributed by atoms with Gasteiger partial charge in [0.1, 0.15) is 35.2 Å². The lowest BCUT2D eigenvalue weighted by atomic mass is 9.87. The van der Waals surface area contributed by atoms with E-state index in [-0.39, 0.29) is 0 Å². The molecule has 0 amide bonds. The third-order valence-electron chi connectivity index (χ3n) is 17.5. The van der Waals surface area contributed by atoms with E-state index in [0.717, 1.165) is 67.3 Å². The largest absolute Gasteiger partial charge is 0.212 e. The molecule has 97 heavy (non-hydrogen) atoms. The van der Waals surface area contributed by atoms with Crippen LogP contribution in [0, 0.1) is 79.9 Å². The van der Waals surface area contributed by atoms with Gasteiger partial charge in [-0.25, -0.2) is 22.8 Å². The lowest BCUT2D eigenvalue weighted by molar-refractivity contribution is -0.661. The molecule has 0 aliphatic heterocycles. The molecule has 0 aliphatic carbocycles. The zero-order chi connectivity index (χ0) is 81.0. The summed E-state index contributed by atoms with van der Waals surface area (Å²) in [7, 11) is 5.86. The lowest BCUT2D eigenvalue weighted by Gasteiger charge is -2.25. The van der Waals surface area contributed by atoms with Crippen LogP contribution in [-0.2, 0) is 48.0 Å². The van der Waals surface area contributed by atoms with Crippen molar-refractivity contribution in [2.75, 3.05) is 0 Å². The molecule has 0 atom stereocenters. The summed E-state index contributed by atoms with van der Waals surface area (Å²) in [6.07, 6.45) is 7.61. The molecular formula is C89H124N5Si3+5. The SMILES string of the molecule is Cc1ccccc1-c1cc(C)c([Si](C)(C)C)c[n+]1C.[2H]C([2H])([2H])c1c[n+](C)c(-c2ccccc2C)cc1C.[2H]C([2H])([2H])c1ccc(-c2ccc([Si](C)(C)C)c[n+]2C)c(C)c1.[2H]C([2H])(c1c[n+](C)c(-c2ccccc2C)cc1C)C(C)(C)C.[2H]C([2H])(c1cc(-c2ccccc2C)[n+](C)cc1[Si](C)(C)C)C(C)(C)C. The first kappa shape index (κ1) is 64.2. The molecule has 0 fully saturated rings. The average molecular weight is 1360 g/mol. The fraction of sp³-hybridized carbons (Fsp3) is 0.382. The second kappa shape index (κ2) is 32.5. The van der Waals surface area contributed by atoms with Gasteiger partial charge in [-0.05, 0) is 173 Å². The topological polar surface area (TPSA) is 19.4 Å². The van der Waals surface area contributed by atoms with Crippen LogP contribution in [0.25, 0.3) is 56.3 Å². The molecule has 10 aromatic rings. The van der Waals surface area contributed by atoms with E-state index >= 15 is 0 Å². The van der Waals surface area contributed by atoms with Crippen LogP contribution in [-0.4, -0.2) is 24.2 Å². The van der Waals surface area contributed by atoms with Crippen molar-refractivity contribution in [3.05, 3.63) is 249 Å². The smallest absolute Gasteiger partial charge is 0.201 e. The molecule has 0 saturated carbocycles. The van der Waals surface area contributed by atoms with Crippen LogP contribution >= 0.6 is 0 Å². The first-order valence-electron chi connectivity index (χ1n) is 39.4. The molecule has 0 N–H and O–H groups in total. The highest BCUT2D eigenvalue weighted by Crippen LogP contribution is 2.29. The van der Waals surface area contributed by atoms with Crippen LogP contribution in [0.1, 0.15) is 122 Å². The molecule has 0 radical (unpaired) electrons. The van der Waals surface area contributed by atoms with Gasteiger partial charge < -0.3 is 0 Å². The molecule has 10 rings (SSSR count). The van der Waals surface area contributed by atoms with Gasteiger partial charge in [0, 0.05) is 98.5 Å². The van der Waals surface area contributed by atoms with Gasteiger partial charge in [-0.1, -0.05) is 197 Å². The predicted molar refractivity (Wildman–Crippen MR) is 428 cm³/mol. The molecule has 0 spiro atoms. The first-order valence-corrected chi connectivity index (χ1v) is 44.9. The van der Waals surface area contributed by atoms with Crippen molar-refractivity contribution >= 4 is 39.8 Å². The summed E-state index contributed by atoms with van der Waals surface area (Å²) >= 11 is 0. The molecule has 5 aromatic carbocycles. The van der Waals surface area contributed by atoms with E-state index in [1.54, 1.807) is 23.5 Å². The normalized spacial score (nSPS) is 13.8. The maximum atomic E-state index is 8.90. The van der Waals surface area contributed by atoms with Crippen LogP contribution in [0.2, 0.25) is 58.9 Å². The van der Waals surface area contributed by atoms with E-state index in [4.69, 9.17) is 13.7 Å². The molecule has 5 heterocycles. The average Bonchev–Trinajstić information content (AvgIpc) is 0.765. The Hall–Kier alpha value is -7.50. The summed E-state index contributed by atoms with van der Waals surface area (Å²) in [6, 6.07) is 51.6. The fourth-order valence-electron chi connectivity index (χ4n) is 12.1. The van der Waals surface area contributed by atoms with Crippen LogP contribution in [0.15, 0.2) is 183 Å². The standard InChI is InChI=1S/C21H32NSi.C19H26N.2C17H24NSi.C15H18N/c1-16-11-9-10-12-18(16)19-13-17(14-21(2,3)4)20(15-22(19)5)23(6,7)8;1-14-9-7-8-10-17(14)18-11-15(2)16(13-20(18)6)12-19(3,4)5;1-13-7-9-16(14(2)11-13)17-10-8-15(12-18(17)3)19(4,5)6;1-13-9-7-8-10-15(13)16-11-14(2)17(12-18(16)3)19(4,5)6;1-11-7-5-6-8-14(11)15-9-12(2)13(3)10-16(15)4/h9-13,15H,14H2,1-8H3;7-11,13H,12H2,1-6H3;2*7-12H,1-6H3;5-10H,1-4H3/q5*+1/i14D2;12D2;1D3;;3D3. The number of aryl methyl sites for hydroxylation is 15. The number of hydrogen-bond donors (Lipinski definition) is 0. The van der Waals surface area contributed by atoms with Gasteiger partial charge in [0.15, 0.2) is 31.0 Å². The molecule has 512 valence electrons. The van der Waals surface area contributed by atoms with Crippen molar-refractivity contribution in [2.45, 2.75) is 182 Å². The minimum absolute atomic E-state index is 0.398. The van der Waals surface area contributed by atoms with Crippen molar-refractivity contribution in [1.29, 1.82) is 0 Å². The highest BCUT2D eigenvalue weighted by Gasteiger charge is 2.30. The quantitative estimate of drug-likeness (QED) is 0.0960. The van der Waals surface area contributed by atoms with Gasteiger partial charge in [-0.3, -0.25) is 0 Å². The predicted octanol–water partition coefficient (Wildman–Crippen LogP) is 18.8. The number of nitrogens with zero attached hydrogens (tertiary/aromatic N) is 5. The third kappa shape index (κ3) is 21.7. The number of pyridine rings is 5. The van der Waals surface area contributed by atoms with E-state index in [9.17, 15) is 0 Å². The van der Waals surface area contributed by atoms with E-state index < -0.39 is 61.5 Å². The summed E-state index contributed by atoms with van der Waals surface area (Å²) < 4.78 is 90.6. The number of aromatic nitrogens is 5. The van der Waals surface area contributed by atoms with E-state index in [1.807, 2.05) is 140 Å². The molecule has 0 aliphatic rings. The van der Waals surface area contributed by atoms with Crippen LogP contribution in [0.5, 0.6) is 0 Å². The van der Waals surface area contributed by atoms with Crippen molar-refractivity contribution in [2.24, 2.45) is 46.1 Å². The lowest BCUT2D eigenvalue weighted by Crippen LogP contribution is -2.47. The first-order chi connectivity index (χ1) is 48.9. The Kier molecular flexibility index (Phi) is 21.5. The third-order valence-corrected chi connectivity index (χ3v) is 23.7. The molecule has 8 heteroatoms. The highest BCUT2D eigenvalue weighted by molar-refractivity contribution is 6.89.